The molecule has 4 aromatic rings. The molecule has 0 fully saturated rings. The average Bonchev–Trinajstić information content (AvgIpc) is 3.25. The van der Waals surface area contributed by atoms with Gasteiger partial charge in [0, 0.05) is 24.2 Å². The van der Waals surface area contributed by atoms with Crippen LogP contribution in [0.4, 0.5) is 23.4 Å². The summed E-state index contributed by atoms with van der Waals surface area (Å²) in [5, 5.41) is 3.07. The molecule has 3 heterocycles. The quantitative estimate of drug-likeness (QED) is 0.483. The third-order valence-corrected chi connectivity index (χ3v) is 4.77. The molecule has 0 spiro atoms. The largest absolute Gasteiger partial charge is 0.363 e. The van der Waals surface area contributed by atoms with Crippen LogP contribution in [0.1, 0.15) is 36.3 Å². The molecule has 1 atom stereocenters. The van der Waals surface area contributed by atoms with E-state index in [-0.39, 0.29) is 28.1 Å². The fourth-order valence-electron chi connectivity index (χ4n) is 3.27. The first kappa shape index (κ1) is 20.5. The van der Waals surface area contributed by atoms with Gasteiger partial charge < -0.3 is 5.32 Å². The van der Waals surface area contributed by atoms with Crippen LogP contribution in [0.2, 0.25) is 0 Å². The van der Waals surface area contributed by atoms with E-state index in [2.05, 4.69) is 20.3 Å². The number of nitrogens with zero attached hydrogens (tertiary/aromatic N) is 5. The summed E-state index contributed by atoms with van der Waals surface area (Å²) in [5.74, 6) is -1.85. The zero-order valence-electron chi connectivity index (χ0n) is 16.4. The van der Waals surface area contributed by atoms with Gasteiger partial charge in [0.25, 0.3) is 6.43 Å². The van der Waals surface area contributed by atoms with E-state index in [1.54, 1.807) is 6.92 Å². The highest BCUT2D eigenvalue weighted by atomic mass is 19.3. The minimum atomic E-state index is -2.96. The van der Waals surface area contributed by atoms with E-state index < -0.39 is 35.2 Å². The van der Waals surface area contributed by atoms with E-state index in [1.165, 1.54) is 48.7 Å². The van der Waals surface area contributed by atoms with Crippen LogP contribution in [0.25, 0.3) is 10.9 Å². The van der Waals surface area contributed by atoms with Gasteiger partial charge in [-0.1, -0.05) is 18.2 Å². The van der Waals surface area contributed by atoms with Crippen LogP contribution in [-0.2, 0) is 0 Å². The van der Waals surface area contributed by atoms with Crippen molar-refractivity contribution in [2.45, 2.75) is 26.3 Å². The number of benzene rings is 1. The molecule has 11 heteroatoms. The van der Waals surface area contributed by atoms with Crippen molar-refractivity contribution < 1.29 is 17.6 Å². The highest BCUT2D eigenvalue weighted by Gasteiger charge is 2.22. The van der Waals surface area contributed by atoms with Gasteiger partial charge in [0.1, 0.15) is 29.3 Å². The average molecular weight is 432 g/mol. The third-order valence-electron chi connectivity index (χ3n) is 4.77. The number of aromatic nitrogens is 5. The molecular weight excluding hydrogens is 416 g/mol. The fraction of sp³-hybridized carbons (Fsp3) is 0.200. The Kier molecular flexibility index (Phi) is 5.17. The number of aryl methyl sites for hydroxylation is 1. The molecule has 0 amide bonds. The van der Waals surface area contributed by atoms with Gasteiger partial charge in [0.15, 0.2) is 0 Å². The van der Waals surface area contributed by atoms with Gasteiger partial charge in [0.05, 0.1) is 17.0 Å². The minimum absolute atomic E-state index is 0.00869. The second kappa shape index (κ2) is 7.82. The summed E-state index contributed by atoms with van der Waals surface area (Å²) in [5.41, 5.74) is -1.89. The van der Waals surface area contributed by atoms with Gasteiger partial charge in [-0.2, -0.15) is 4.39 Å². The fourth-order valence-corrected chi connectivity index (χ4v) is 3.27. The highest BCUT2D eigenvalue weighted by Crippen LogP contribution is 2.30. The molecule has 1 N–H and O–H groups in total. The Morgan fingerprint density at radius 1 is 1.10 bits per heavy atom. The van der Waals surface area contributed by atoms with Gasteiger partial charge in [-0.05, 0) is 13.8 Å². The number of halogens is 4. The number of nitrogens with one attached hydrogen (secondary N) is 1. The zero-order valence-corrected chi connectivity index (χ0v) is 16.4. The Morgan fingerprint density at radius 3 is 2.52 bits per heavy atom. The van der Waals surface area contributed by atoms with Crippen molar-refractivity contribution in [3.8, 4) is 0 Å². The molecule has 7 nitrogen and oxygen atoms in total. The second-order valence-electron chi connectivity index (χ2n) is 6.83. The highest BCUT2D eigenvalue weighted by molar-refractivity contribution is 5.88. The summed E-state index contributed by atoms with van der Waals surface area (Å²) in [4.78, 5) is 24.5. The number of hydrogen-bond donors (Lipinski definition) is 1. The number of hydrogen-bond acceptors (Lipinski definition) is 5. The Morgan fingerprint density at radius 2 is 1.84 bits per heavy atom. The van der Waals surface area contributed by atoms with E-state index in [9.17, 15) is 22.4 Å². The Bertz CT molecular complexity index is 1320. The zero-order chi connectivity index (χ0) is 22.3. The van der Waals surface area contributed by atoms with Gasteiger partial charge in [-0.3, -0.25) is 4.79 Å². The Labute approximate surface area is 173 Å². The SMILES string of the molecule is Cc1nc(N[C@H](C)c2cccc(C(F)F)c2F)c2cn(-n3ccnc3)c(=O)c(F)c2n1. The number of anilines is 1. The number of alkyl halides is 2. The van der Waals surface area contributed by atoms with E-state index in [0.29, 0.717) is 0 Å². The molecule has 3 aromatic heterocycles. The maximum atomic E-state index is 14.8. The molecule has 0 unspecified atom stereocenters. The number of pyridine rings is 1. The van der Waals surface area contributed by atoms with E-state index in [1.807, 2.05) is 0 Å². The van der Waals surface area contributed by atoms with Crippen LogP contribution in [-0.4, -0.2) is 24.3 Å². The van der Waals surface area contributed by atoms with Crippen molar-refractivity contribution in [2.75, 3.05) is 5.32 Å². The maximum Gasteiger partial charge on any atom is 0.307 e. The summed E-state index contributed by atoms with van der Waals surface area (Å²) in [6, 6.07) is 2.92. The van der Waals surface area contributed by atoms with Crippen LogP contribution in [0.5, 0.6) is 0 Å². The molecular formula is C20H16F4N6O. The molecule has 0 aliphatic carbocycles. The van der Waals surface area contributed by atoms with E-state index >= 15 is 0 Å². The molecule has 0 saturated carbocycles. The predicted octanol–water partition coefficient (Wildman–Crippen LogP) is 4.00. The molecule has 0 bridgehead atoms. The molecule has 31 heavy (non-hydrogen) atoms. The summed E-state index contributed by atoms with van der Waals surface area (Å²) in [6.45, 7) is 3.06. The first-order chi connectivity index (χ1) is 14.8. The van der Waals surface area contributed by atoms with Crippen molar-refractivity contribution in [3.63, 3.8) is 0 Å². The second-order valence-corrected chi connectivity index (χ2v) is 6.83. The molecule has 160 valence electrons. The van der Waals surface area contributed by atoms with Crippen molar-refractivity contribution in [1.82, 2.24) is 24.3 Å². The normalized spacial score (nSPS) is 12.5. The lowest BCUT2D eigenvalue weighted by Crippen LogP contribution is -2.28. The monoisotopic (exact) mass is 432 g/mol. The van der Waals surface area contributed by atoms with Crippen molar-refractivity contribution in [2.24, 2.45) is 0 Å². The predicted molar refractivity (Wildman–Crippen MR) is 105 cm³/mol. The lowest BCUT2D eigenvalue weighted by molar-refractivity contribution is 0.146. The molecule has 0 aliphatic rings. The summed E-state index contributed by atoms with van der Waals surface area (Å²) in [7, 11) is 0. The van der Waals surface area contributed by atoms with Gasteiger partial charge in [0.2, 0.25) is 5.82 Å². The molecule has 0 radical (unpaired) electrons. The maximum absolute atomic E-state index is 14.8. The summed E-state index contributed by atoms with van der Waals surface area (Å²) < 4.78 is 57.8. The van der Waals surface area contributed by atoms with Crippen LogP contribution < -0.4 is 10.9 Å². The lowest BCUT2D eigenvalue weighted by atomic mass is 10.0. The topological polar surface area (TPSA) is 77.6 Å². The number of fused-ring (bicyclic) bond motifs is 1. The third kappa shape index (κ3) is 3.62. The smallest absolute Gasteiger partial charge is 0.307 e. The van der Waals surface area contributed by atoms with Crippen molar-refractivity contribution in [3.05, 3.63) is 82.1 Å². The summed E-state index contributed by atoms with van der Waals surface area (Å²) in [6.07, 6.45) is 2.53. The van der Waals surface area contributed by atoms with Gasteiger partial charge in [-0.25, -0.2) is 37.5 Å². The minimum Gasteiger partial charge on any atom is -0.363 e. The molecule has 1 aromatic carbocycles. The van der Waals surface area contributed by atoms with Crippen LogP contribution in [0.15, 0.2) is 47.9 Å². The van der Waals surface area contributed by atoms with Gasteiger partial charge in [-0.15, -0.1) is 0 Å². The van der Waals surface area contributed by atoms with E-state index in [4.69, 9.17) is 0 Å². The number of rotatable bonds is 5. The molecule has 0 aliphatic heterocycles. The lowest BCUT2D eigenvalue weighted by Gasteiger charge is -2.19. The Balaban J connectivity index is 1.85. The Hall–Kier alpha value is -3.76. The standard InChI is InChI=1S/C20H16F4N6O/c1-10(12-4-3-5-13(15(12)21)18(23)24)26-19-14-8-30(29-7-6-25-9-29)20(31)16(22)17(14)27-11(2)28-19/h3-10,18H,1-2H3,(H,26,27,28)/t10-/m1/s1. The van der Waals surface area contributed by atoms with Crippen LogP contribution in [0, 0.1) is 18.6 Å². The first-order valence-corrected chi connectivity index (χ1v) is 9.19. The summed E-state index contributed by atoms with van der Waals surface area (Å²) >= 11 is 0. The van der Waals surface area contributed by atoms with Crippen LogP contribution >= 0.6 is 0 Å². The van der Waals surface area contributed by atoms with Crippen molar-refractivity contribution >= 4 is 16.7 Å². The van der Waals surface area contributed by atoms with Crippen molar-refractivity contribution in [1.29, 1.82) is 0 Å². The molecule has 4 rings (SSSR count). The number of imidazole rings is 1. The van der Waals surface area contributed by atoms with Crippen LogP contribution in [0.3, 0.4) is 0 Å². The first-order valence-electron chi connectivity index (χ1n) is 9.19. The van der Waals surface area contributed by atoms with E-state index in [0.717, 1.165) is 10.7 Å². The molecule has 0 saturated heterocycles. The van der Waals surface area contributed by atoms with Gasteiger partial charge >= 0.3 is 5.56 Å².